The molecule has 1 atom stereocenters. The smallest absolute Gasteiger partial charge is 0.186 e. The second kappa shape index (κ2) is 6.54. The summed E-state index contributed by atoms with van der Waals surface area (Å²) in [6.45, 7) is 0. The lowest BCUT2D eigenvalue weighted by Crippen LogP contribution is -2.07. The molecule has 1 saturated carbocycles. The van der Waals surface area contributed by atoms with Gasteiger partial charge in [-0.3, -0.25) is 0 Å². The van der Waals surface area contributed by atoms with E-state index < -0.39 is 11.1 Å². The molecule has 0 saturated heterocycles. The maximum Gasteiger partial charge on any atom is 0.186 e. The maximum absolute atomic E-state index is 11.4. The lowest BCUT2D eigenvalue weighted by atomic mass is 9.81. The van der Waals surface area contributed by atoms with Gasteiger partial charge in [-0.05, 0) is 47.6 Å². The van der Waals surface area contributed by atoms with Gasteiger partial charge in [0.25, 0.3) is 0 Å². The van der Waals surface area contributed by atoms with Gasteiger partial charge in [0, 0.05) is 0 Å². The van der Waals surface area contributed by atoms with Crippen LogP contribution in [0.2, 0.25) is 0 Å². The van der Waals surface area contributed by atoms with Gasteiger partial charge in [0.2, 0.25) is 0 Å². The molecule has 0 heterocycles. The average molecular weight is 300 g/mol. The lowest BCUT2D eigenvalue weighted by Gasteiger charge is -2.25. The lowest BCUT2D eigenvalue weighted by molar-refractivity contribution is 0.443. The highest BCUT2D eigenvalue weighted by molar-refractivity contribution is 7.79. The Morgan fingerprint density at radius 2 is 1.67 bits per heavy atom. The minimum atomic E-state index is -1.91. The van der Waals surface area contributed by atoms with Crippen LogP contribution in [0.1, 0.15) is 43.6 Å². The summed E-state index contributed by atoms with van der Waals surface area (Å²) in [5.41, 5.74) is 3.63. The van der Waals surface area contributed by atoms with Crippen LogP contribution in [0.4, 0.5) is 0 Å². The Balaban J connectivity index is 2.08. The molecule has 2 aromatic carbocycles. The van der Waals surface area contributed by atoms with Crippen LogP contribution >= 0.6 is 0 Å². The van der Waals surface area contributed by atoms with Crippen molar-refractivity contribution >= 4 is 11.1 Å². The van der Waals surface area contributed by atoms with Crippen LogP contribution in [0.5, 0.6) is 0 Å². The second-order valence-electron chi connectivity index (χ2n) is 5.70. The molecular formula is C18H20O2S. The monoisotopic (exact) mass is 300 g/mol. The van der Waals surface area contributed by atoms with Crippen LogP contribution in [0, 0.1) is 0 Å². The van der Waals surface area contributed by atoms with E-state index in [0.29, 0.717) is 10.8 Å². The standard InChI is InChI=1S/C18H20O2S/c19-21(20)16-11-12-17(14-7-3-1-4-8-14)18(13-16)15-9-5-2-6-10-15/h1,3-4,7-8,11-13,15H,2,5-6,9-10H2,(H,19,20). The summed E-state index contributed by atoms with van der Waals surface area (Å²) in [6, 6.07) is 16.0. The largest absolute Gasteiger partial charge is 0.302 e. The summed E-state index contributed by atoms with van der Waals surface area (Å²) in [5, 5.41) is 0. The maximum atomic E-state index is 11.4. The molecule has 1 fully saturated rings. The molecule has 2 nitrogen and oxygen atoms in total. The normalized spacial score (nSPS) is 17.6. The number of hydrogen-bond acceptors (Lipinski definition) is 1. The molecular weight excluding hydrogens is 280 g/mol. The van der Waals surface area contributed by atoms with Gasteiger partial charge in [-0.2, -0.15) is 0 Å². The molecule has 110 valence electrons. The van der Waals surface area contributed by atoms with Crippen LogP contribution in [0.15, 0.2) is 53.4 Å². The van der Waals surface area contributed by atoms with E-state index in [4.69, 9.17) is 0 Å². The summed E-state index contributed by atoms with van der Waals surface area (Å²) in [6.07, 6.45) is 6.18. The van der Waals surface area contributed by atoms with Crippen molar-refractivity contribution in [2.24, 2.45) is 0 Å². The zero-order chi connectivity index (χ0) is 14.7. The fourth-order valence-corrected chi connectivity index (χ4v) is 3.69. The predicted octanol–water partition coefficient (Wildman–Crippen LogP) is 4.98. The van der Waals surface area contributed by atoms with Crippen molar-refractivity contribution in [1.29, 1.82) is 0 Å². The molecule has 0 aliphatic heterocycles. The van der Waals surface area contributed by atoms with E-state index in [1.165, 1.54) is 48.8 Å². The molecule has 0 amide bonds. The third-order valence-corrected chi connectivity index (χ3v) is 5.01. The van der Waals surface area contributed by atoms with Crippen LogP contribution < -0.4 is 0 Å². The molecule has 0 aromatic heterocycles. The fourth-order valence-electron chi connectivity index (χ4n) is 3.28. The first-order valence-electron chi connectivity index (χ1n) is 7.56. The minimum Gasteiger partial charge on any atom is -0.302 e. The third-order valence-electron chi connectivity index (χ3n) is 4.35. The van der Waals surface area contributed by atoms with Crippen LogP contribution in [-0.2, 0) is 11.1 Å². The Kier molecular flexibility index (Phi) is 4.51. The van der Waals surface area contributed by atoms with Gasteiger partial charge in [0.15, 0.2) is 11.1 Å². The first-order valence-corrected chi connectivity index (χ1v) is 8.66. The Bertz CT molecular complexity index is 631. The van der Waals surface area contributed by atoms with Crippen LogP contribution in [-0.4, -0.2) is 8.76 Å². The SMILES string of the molecule is O=S(O)c1ccc(-c2ccccc2)c(C2CCCCC2)c1. The van der Waals surface area contributed by atoms with Crippen molar-refractivity contribution in [2.45, 2.75) is 42.9 Å². The average Bonchev–Trinajstić information content (AvgIpc) is 2.56. The van der Waals surface area contributed by atoms with Gasteiger partial charge in [-0.1, -0.05) is 55.7 Å². The van der Waals surface area contributed by atoms with Crippen molar-refractivity contribution in [3.05, 3.63) is 54.1 Å². The summed E-state index contributed by atoms with van der Waals surface area (Å²) in [4.78, 5) is 0.509. The molecule has 1 aliphatic carbocycles. The van der Waals surface area contributed by atoms with Gasteiger partial charge in [-0.15, -0.1) is 0 Å². The summed E-state index contributed by atoms with van der Waals surface area (Å²) in [7, 11) is 0. The molecule has 3 rings (SSSR count). The highest BCUT2D eigenvalue weighted by atomic mass is 32.2. The highest BCUT2D eigenvalue weighted by Gasteiger charge is 2.20. The Morgan fingerprint density at radius 3 is 2.33 bits per heavy atom. The number of rotatable bonds is 3. The molecule has 3 heteroatoms. The molecule has 1 aliphatic rings. The molecule has 0 bridgehead atoms. The van der Waals surface area contributed by atoms with E-state index in [1.54, 1.807) is 6.07 Å². The summed E-state index contributed by atoms with van der Waals surface area (Å²) in [5.74, 6) is 0.512. The van der Waals surface area contributed by atoms with Gasteiger partial charge in [0.1, 0.15) is 0 Å². The van der Waals surface area contributed by atoms with Crippen molar-refractivity contribution < 1.29 is 8.76 Å². The fraction of sp³-hybridized carbons (Fsp3) is 0.333. The molecule has 0 radical (unpaired) electrons. The van der Waals surface area contributed by atoms with E-state index >= 15 is 0 Å². The third kappa shape index (κ3) is 3.25. The number of benzene rings is 2. The Labute approximate surface area is 128 Å². The topological polar surface area (TPSA) is 37.3 Å². The molecule has 1 unspecified atom stereocenters. The van der Waals surface area contributed by atoms with Crippen molar-refractivity contribution in [3.8, 4) is 11.1 Å². The summed E-state index contributed by atoms with van der Waals surface area (Å²) < 4.78 is 20.8. The zero-order valence-corrected chi connectivity index (χ0v) is 12.8. The molecule has 2 aromatic rings. The van der Waals surface area contributed by atoms with Crippen molar-refractivity contribution in [3.63, 3.8) is 0 Å². The molecule has 1 N–H and O–H groups in total. The van der Waals surface area contributed by atoms with E-state index in [-0.39, 0.29) is 0 Å². The van der Waals surface area contributed by atoms with Crippen molar-refractivity contribution in [1.82, 2.24) is 0 Å². The van der Waals surface area contributed by atoms with Gasteiger partial charge < -0.3 is 4.55 Å². The Hall–Kier alpha value is -1.45. The molecule has 0 spiro atoms. The minimum absolute atomic E-state index is 0.509. The predicted molar refractivity (Wildman–Crippen MR) is 86.7 cm³/mol. The van der Waals surface area contributed by atoms with E-state index in [1.807, 2.05) is 30.3 Å². The second-order valence-corrected chi connectivity index (χ2v) is 6.67. The van der Waals surface area contributed by atoms with Gasteiger partial charge >= 0.3 is 0 Å². The number of hydrogen-bond donors (Lipinski definition) is 1. The first kappa shape index (κ1) is 14.5. The zero-order valence-electron chi connectivity index (χ0n) is 12.0. The molecule has 21 heavy (non-hydrogen) atoms. The first-order chi connectivity index (χ1) is 10.3. The quantitative estimate of drug-likeness (QED) is 0.811. The van der Waals surface area contributed by atoms with E-state index in [2.05, 4.69) is 12.1 Å². The van der Waals surface area contributed by atoms with E-state index in [0.717, 1.165) is 0 Å². The van der Waals surface area contributed by atoms with Gasteiger partial charge in [0.05, 0.1) is 4.90 Å². The van der Waals surface area contributed by atoms with Crippen LogP contribution in [0.25, 0.3) is 11.1 Å². The van der Waals surface area contributed by atoms with E-state index in [9.17, 15) is 8.76 Å². The van der Waals surface area contributed by atoms with Crippen LogP contribution in [0.3, 0.4) is 0 Å². The summed E-state index contributed by atoms with van der Waals surface area (Å²) >= 11 is -1.91. The highest BCUT2D eigenvalue weighted by Crippen LogP contribution is 2.38. The Morgan fingerprint density at radius 1 is 0.952 bits per heavy atom. The van der Waals surface area contributed by atoms with Crippen molar-refractivity contribution in [2.75, 3.05) is 0 Å². The van der Waals surface area contributed by atoms with Gasteiger partial charge in [-0.25, -0.2) is 4.21 Å².